The van der Waals surface area contributed by atoms with Crippen molar-refractivity contribution in [3.63, 3.8) is 0 Å². The molecule has 1 heterocycles. The number of piperidine rings is 1. The summed E-state index contributed by atoms with van der Waals surface area (Å²) in [4.78, 5) is 2.67. The number of thioether (sulfide) groups is 1. The number of rotatable bonds is 5. The lowest BCUT2D eigenvalue weighted by atomic mass is 9.88. The molecule has 3 heteroatoms. The molecule has 0 spiro atoms. The van der Waals surface area contributed by atoms with Crippen LogP contribution < -0.4 is 0 Å². The van der Waals surface area contributed by atoms with Gasteiger partial charge in [-0.2, -0.15) is 11.8 Å². The van der Waals surface area contributed by atoms with Gasteiger partial charge in [0.1, 0.15) is 0 Å². The van der Waals surface area contributed by atoms with Crippen LogP contribution in [-0.2, 0) is 0 Å². The van der Waals surface area contributed by atoms with E-state index in [0.717, 1.165) is 6.42 Å². The van der Waals surface area contributed by atoms with Crippen molar-refractivity contribution in [3.05, 3.63) is 0 Å². The molecule has 0 aromatic heterocycles. The molecule has 2 nitrogen and oxygen atoms in total. The van der Waals surface area contributed by atoms with Crippen molar-refractivity contribution in [2.45, 2.75) is 57.6 Å². The highest BCUT2D eigenvalue weighted by molar-refractivity contribution is 7.99. The predicted octanol–water partition coefficient (Wildman–Crippen LogP) is 2.76. The van der Waals surface area contributed by atoms with Crippen LogP contribution >= 0.6 is 11.8 Å². The highest BCUT2D eigenvalue weighted by Gasteiger charge is 2.36. The molecule has 1 aliphatic heterocycles. The van der Waals surface area contributed by atoms with E-state index in [9.17, 15) is 5.11 Å². The van der Waals surface area contributed by atoms with Crippen LogP contribution in [0.3, 0.4) is 0 Å². The van der Waals surface area contributed by atoms with Gasteiger partial charge < -0.3 is 5.11 Å². The van der Waals surface area contributed by atoms with E-state index in [-0.39, 0.29) is 6.10 Å². The lowest BCUT2D eigenvalue weighted by Crippen LogP contribution is -2.47. The SMILES string of the molecule is CCSCCN1CCCCC1C1CCCC1O. The van der Waals surface area contributed by atoms with E-state index >= 15 is 0 Å². The third kappa shape index (κ3) is 3.62. The molecule has 3 atom stereocenters. The lowest BCUT2D eigenvalue weighted by Gasteiger charge is -2.40. The van der Waals surface area contributed by atoms with Crippen LogP contribution in [-0.4, -0.2) is 46.7 Å². The second-order valence-electron chi connectivity index (χ2n) is 5.46. The molecule has 1 saturated carbocycles. The summed E-state index contributed by atoms with van der Waals surface area (Å²) in [5, 5.41) is 10.1. The summed E-state index contributed by atoms with van der Waals surface area (Å²) >= 11 is 2.04. The summed E-state index contributed by atoms with van der Waals surface area (Å²) in [5.41, 5.74) is 0. The maximum absolute atomic E-state index is 10.1. The van der Waals surface area contributed by atoms with E-state index in [2.05, 4.69) is 11.8 Å². The molecule has 1 N–H and O–H groups in total. The minimum absolute atomic E-state index is 0.0144. The highest BCUT2D eigenvalue weighted by Crippen LogP contribution is 2.35. The van der Waals surface area contributed by atoms with Crippen molar-refractivity contribution >= 4 is 11.8 Å². The van der Waals surface area contributed by atoms with Gasteiger partial charge >= 0.3 is 0 Å². The van der Waals surface area contributed by atoms with Crippen LogP contribution in [0.4, 0.5) is 0 Å². The first-order valence-electron chi connectivity index (χ1n) is 7.32. The molecular formula is C14H27NOS. The second-order valence-corrected chi connectivity index (χ2v) is 6.85. The molecule has 1 saturated heterocycles. The Balaban J connectivity index is 1.87. The van der Waals surface area contributed by atoms with Crippen molar-refractivity contribution in [3.8, 4) is 0 Å². The van der Waals surface area contributed by atoms with Gasteiger partial charge in [-0.05, 0) is 38.0 Å². The number of aliphatic hydroxyl groups is 1. The molecule has 0 radical (unpaired) electrons. The van der Waals surface area contributed by atoms with Crippen molar-refractivity contribution in [1.29, 1.82) is 0 Å². The molecule has 100 valence electrons. The first kappa shape index (κ1) is 13.7. The number of hydrogen-bond acceptors (Lipinski definition) is 3. The van der Waals surface area contributed by atoms with E-state index in [4.69, 9.17) is 0 Å². The van der Waals surface area contributed by atoms with Crippen LogP contribution in [0.15, 0.2) is 0 Å². The number of aliphatic hydroxyl groups excluding tert-OH is 1. The van der Waals surface area contributed by atoms with Crippen LogP contribution in [0.1, 0.15) is 45.4 Å². The summed E-state index contributed by atoms with van der Waals surface area (Å²) in [6, 6.07) is 0.679. The van der Waals surface area contributed by atoms with Gasteiger partial charge in [0.25, 0.3) is 0 Å². The number of nitrogens with zero attached hydrogens (tertiary/aromatic N) is 1. The van der Waals surface area contributed by atoms with Gasteiger partial charge in [-0.15, -0.1) is 0 Å². The average molecular weight is 257 g/mol. The van der Waals surface area contributed by atoms with Crippen molar-refractivity contribution < 1.29 is 5.11 Å². The zero-order valence-corrected chi connectivity index (χ0v) is 11.9. The van der Waals surface area contributed by atoms with Crippen molar-refractivity contribution in [2.24, 2.45) is 5.92 Å². The van der Waals surface area contributed by atoms with Gasteiger partial charge in [0.2, 0.25) is 0 Å². The van der Waals surface area contributed by atoms with Crippen LogP contribution in [0.25, 0.3) is 0 Å². The quantitative estimate of drug-likeness (QED) is 0.766. The Bertz CT molecular complexity index is 224. The van der Waals surface area contributed by atoms with Gasteiger partial charge in [-0.25, -0.2) is 0 Å². The Hall–Kier alpha value is 0.270. The summed E-state index contributed by atoms with van der Waals surface area (Å²) in [6.45, 7) is 4.73. The Morgan fingerprint density at radius 2 is 2.06 bits per heavy atom. The average Bonchev–Trinajstić information content (AvgIpc) is 2.76. The molecule has 0 aromatic rings. The van der Waals surface area contributed by atoms with E-state index in [0.29, 0.717) is 12.0 Å². The topological polar surface area (TPSA) is 23.5 Å². The minimum atomic E-state index is -0.0144. The minimum Gasteiger partial charge on any atom is -0.393 e. The molecule has 2 rings (SSSR count). The smallest absolute Gasteiger partial charge is 0.0583 e. The summed E-state index contributed by atoms with van der Waals surface area (Å²) in [5.74, 6) is 3.06. The fourth-order valence-corrected chi connectivity index (χ4v) is 4.18. The Kier molecular flexibility index (Phi) is 5.64. The molecular weight excluding hydrogens is 230 g/mol. The summed E-state index contributed by atoms with van der Waals surface area (Å²) in [7, 11) is 0. The van der Waals surface area contributed by atoms with Crippen LogP contribution in [0.5, 0.6) is 0 Å². The molecule has 17 heavy (non-hydrogen) atoms. The van der Waals surface area contributed by atoms with Crippen molar-refractivity contribution in [2.75, 3.05) is 24.6 Å². The van der Waals surface area contributed by atoms with E-state index in [1.807, 2.05) is 11.8 Å². The van der Waals surface area contributed by atoms with Gasteiger partial charge in [-0.1, -0.05) is 19.8 Å². The molecule has 0 bridgehead atoms. The van der Waals surface area contributed by atoms with Gasteiger partial charge in [-0.3, -0.25) is 4.90 Å². The first-order chi connectivity index (χ1) is 8.33. The molecule has 0 amide bonds. The third-order valence-corrected chi connectivity index (χ3v) is 5.30. The van der Waals surface area contributed by atoms with Crippen LogP contribution in [0.2, 0.25) is 0 Å². The molecule has 3 unspecified atom stereocenters. The lowest BCUT2D eigenvalue weighted by molar-refractivity contribution is 0.0390. The summed E-state index contributed by atoms with van der Waals surface area (Å²) < 4.78 is 0. The monoisotopic (exact) mass is 257 g/mol. The highest BCUT2D eigenvalue weighted by atomic mass is 32.2. The molecule has 1 aliphatic carbocycles. The normalized spacial score (nSPS) is 35.3. The zero-order chi connectivity index (χ0) is 12.1. The van der Waals surface area contributed by atoms with Crippen LogP contribution in [0, 0.1) is 5.92 Å². The maximum atomic E-state index is 10.1. The van der Waals surface area contributed by atoms with Gasteiger partial charge in [0, 0.05) is 24.3 Å². The maximum Gasteiger partial charge on any atom is 0.0583 e. The second kappa shape index (κ2) is 7.01. The predicted molar refractivity (Wildman–Crippen MR) is 75.6 cm³/mol. The standard InChI is InChI=1S/C14H27NOS/c1-2-17-11-10-15-9-4-3-7-13(15)12-6-5-8-14(12)16/h12-14,16H,2-11H2,1H3. The Morgan fingerprint density at radius 1 is 1.18 bits per heavy atom. The van der Waals surface area contributed by atoms with E-state index < -0.39 is 0 Å². The van der Waals surface area contributed by atoms with Gasteiger partial charge in [0.05, 0.1) is 6.10 Å². The van der Waals surface area contributed by atoms with Crippen molar-refractivity contribution in [1.82, 2.24) is 4.90 Å². The van der Waals surface area contributed by atoms with E-state index in [1.165, 1.54) is 56.7 Å². The Morgan fingerprint density at radius 3 is 2.76 bits per heavy atom. The summed E-state index contributed by atoms with van der Waals surface area (Å²) in [6.07, 6.45) is 7.56. The number of likely N-dealkylation sites (tertiary alicyclic amines) is 1. The molecule has 0 aromatic carbocycles. The molecule has 2 fully saturated rings. The van der Waals surface area contributed by atoms with Gasteiger partial charge in [0.15, 0.2) is 0 Å². The zero-order valence-electron chi connectivity index (χ0n) is 11.1. The van der Waals surface area contributed by atoms with E-state index in [1.54, 1.807) is 0 Å². The fraction of sp³-hybridized carbons (Fsp3) is 1.00. The molecule has 2 aliphatic rings. The number of hydrogen-bond donors (Lipinski definition) is 1. The largest absolute Gasteiger partial charge is 0.393 e. The first-order valence-corrected chi connectivity index (χ1v) is 8.48. The fourth-order valence-electron chi connectivity index (χ4n) is 3.52. The Labute approximate surface area is 110 Å². The third-order valence-electron chi connectivity index (χ3n) is 4.42.